The molecule has 9 heteroatoms. The molecule has 166 valence electrons. The molecule has 3 aromatic rings. The van der Waals surface area contributed by atoms with Crippen LogP contribution in [0.1, 0.15) is 12.6 Å². The van der Waals surface area contributed by atoms with Crippen molar-refractivity contribution in [1.29, 1.82) is 0 Å². The van der Waals surface area contributed by atoms with Gasteiger partial charge in [0.15, 0.2) is 17.5 Å². The van der Waals surface area contributed by atoms with E-state index in [4.69, 9.17) is 13.9 Å². The van der Waals surface area contributed by atoms with Crippen LogP contribution < -0.4 is 20.1 Å². The zero-order valence-corrected chi connectivity index (χ0v) is 20.0. The molecule has 0 fully saturated rings. The Morgan fingerprint density at radius 1 is 1.16 bits per heavy atom. The summed E-state index contributed by atoms with van der Waals surface area (Å²) in [6, 6.07) is 11.6. The number of nitrogens with zero attached hydrogens (tertiary/aromatic N) is 2. The molecule has 0 saturated carbocycles. The quantitative estimate of drug-likeness (QED) is 0.244. The number of hydrogen-bond acceptors (Lipinski definition) is 5. The highest BCUT2D eigenvalue weighted by atomic mass is 127. The van der Waals surface area contributed by atoms with Gasteiger partial charge in [-0.15, -0.1) is 24.0 Å². The smallest absolute Gasteiger partial charge is 0.226 e. The predicted octanol–water partition coefficient (Wildman–Crippen LogP) is 4.74. The maximum atomic E-state index is 13.0. The third-order valence-corrected chi connectivity index (χ3v) is 4.27. The zero-order chi connectivity index (χ0) is 21.3. The Morgan fingerprint density at radius 3 is 2.61 bits per heavy atom. The number of halogens is 2. The van der Waals surface area contributed by atoms with Crippen molar-refractivity contribution < 1.29 is 18.3 Å². The van der Waals surface area contributed by atoms with Gasteiger partial charge in [0.2, 0.25) is 5.89 Å². The maximum absolute atomic E-state index is 13.0. The van der Waals surface area contributed by atoms with Gasteiger partial charge in [-0.1, -0.05) is 0 Å². The fourth-order valence-electron chi connectivity index (χ4n) is 2.79. The summed E-state index contributed by atoms with van der Waals surface area (Å²) < 4.78 is 29.5. The second kappa shape index (κ2) is 12.1. The van der Waals surface area contributed by atoms with Crippen LogP contribution >= 0.6 is 24.0 Å². The van der Waals surface area contributed by atoms with Crippen LogP contribution in [0.3, 0.4) is 0 Å². The second-order valence-corrected chi connectivity index (χ2v) is 6.32. The minimum atomic E-state index is -0.293. The van der Waals surface area contributed by atoms with Crippen LogP contribution in [-0.4, -0.2) is 38.3 Å². The Bertz CT molecular complexity index is 993. The lowest BCUT2D eigenvalue weighted by Crippen LogP contribution is -2.32. The molecule has 0 atom stereocenters. The number of rotatable bonds is 8. The summed E-state index contributed by atoms with van der Waals surface area (Å²) in [5.41, 5.74) is 2.35. The van der Waals surface area contributed by atoms with Gasteiger partial charge in [0.1, 0.15) is 12.1 Å². The van der Waals surface area contributed by atoms with E-state index < -0.39 is 0 Å². The van der Waals surface area contributed by atoms with E-state index in [-0.39, 0.29) is 29.8 Å². The van der Waals surface area contributed by atoms with E-state index in [1.165, 1.54) is 12.1 Å². The molecule has 0 unspecified atom stereocenters. The summed E-state index contributed by atoms with van der Waals surface area (Å²) in [5, 5.41) is 6.46. The Kier molecular flexibility index (Phi) is 9.57. The van der Waals surface area contributed by atoms with E-state index in [1.807, 2.05) is 25.1 Å². The Labute approximate surface area is 198 Å². The highest BCUT2D eigenvalue weighted by Crippen LogP contribution is 2.30. The standard InChI is InChI=1S/C22H25FN4O3.HI/c1-4-29-20-13-17(9-10-19(20)28-3)27-22(24-2)25-12-11-18-14-30-21(26-18)15-5-7-16(23)8-6-15;/h5-10,13-14H,4,11-12H2,1-3H3,(H2,24,25,27);1H. The first kappa shape index (κ1) is 24.4. The lowest BCUT2D eigenvalue weighted by atomic mass is 10.2. The molecule has 0 saturated heterocycles. The van der Waals surface area contributed by atoms with Crippen molar-refractivity contribution in [2.24, 2.45) is 4.99 Å². The first-order chi connectivity index (χ1) is 14.6. The summed E-state index contributed by atoms with van der Waals surface area (Å²) in [7, 11) is 3.31. The molecule has 7 nitrogen and oxygen atoms in total. The molecule has 3 rings (SSSR count). The number of nitrogens with one attached hydrogen (secondary N) is 2. The van der Waals surface area contributed by atoms with Gasteiger partial charge in [-0.3, -0.25) is 4.99 Å². The maximum Gasteiger partial charge on any atom is 0.226 e. The molecule has 31 heavy (non-hydrogen) atoms. The van der Waals surface area contributed by atoms with Gasteiger partial charge in [-0.25, -0.2) is 9.37 Å². The van der Waals surface area contributed by atoms with Gasteiger partial charge >= 0.3 is 0 Å². The molecule has 2 N–H and O–H groups in total. The van der Waals surface area contributed by atoms with Crippen molar-refractivity contribution >= 4 is 35.6 Å². The number of anilines is 1. The van der Waals surface area contributed by atoms with Crippen LogP contribution in [0.5, 0.6) is 11.5 Å². The Morgan fingerprint density at radius 2 is 1.94 bits per heavy atom. The van der Waals surface area contributed by atoms with Crippen molar-refractivity contribution in [3.05, 3.63) is 60.2 Å². The first-order valence-electron chi connectivity index (χ1n) is 9.61. The summed E-state index contributed by atoms with van der Waals surface area (Å²) in [4.78, 5) is 8.68. The number of benzene rings is 2. The minimum absolute atomic E-state index is 0. The minimum Gasteiger partial charge on any atom is -0.493 e. The van der Waals surface area contributed by atoms with Crippen LogP contribution in [0.15, 0.2) is 58.1 Å². The third-order valence-electron chi connectivity index (χ3n) is 4.27. The molecule has 1 aromatic heterocycles. The number of guanidine groups is 1. The van der Waals surface area contributed by atoms with E-state index in [2.05, 4.69) is 20.6 Å². The van der Waals surface area contributed by atoms with Gasteiger partial charge in [0, 0.05) is 37.3 Å². The van der Waals surface area contributed by atoms with Crippen molar-refractivity contribution in [3.8, 4) is 23.0 Å². The summed E-state index contributed by atoms with van der Waals surface area (Å²) in [5.74, 6) is 2.13. The fraction of sp³-hybridized carbons (Fsp3) is 0.273. The predicted molar refractivity (Wildman–Crippen MR) is 130 cm³/mol. The van der Waals surface area contributed by atoms with Crippen molar-refractivity contribution in [2.45, 2.75) is 13.3 Å². The van der Waals surface area contributed by atoms with Gasteiger partial charge in [0.25, 0.3) is 0 Å². The van der Waals surface area contributed by atoms with Crippen LogP contribution in [0, 0.1) is 5.82 Å². The highest BCUT2D eigenvalue weighted by Gasteiger charge is 2.09. The molecule has 0 radical (unpaired) electrons. The normalized spacial score (nSPS) is 10.9. The van der Waals surface area contributed by atoms with E-state index in [9.17, 15) is 4.39 Å². The van der Waals surface area contributed by atoms with E-state index in [0.29, 0.717) is 42.9 Å². The number of oxazole rings is 1. The average molecular weight is 540 g/mol. The number of aromatic nitrogens is 1. The molecule has 2 aromatic carbocycles. The largest absolute Gasteiger partial charge is 0.493 e. The topological polar surface area (TPSA) is 80.9 Å². The molecular weight excluding hydrogens is 514 g/mol. The molecule has 0 amide bonds. The third kappa shape index (κ3) is 6.84. The fourth-order valence-corrected chi connectivity index (χ4v) is 2.79. The summed E-state index contributed by atoms with van der Waals surface area (Å²) in [6.45, 7) is 3.07. The van der Waals surface area contributed by atoms with Gasteiger partial charge in [-0.2, -0.15) is 0 Å². The van der Waals surface area contributed by atoms with Crippen LogP contribution in [0.4, 0.5) is 10.1 Å². The van der Waals surface area contributed by atoms with Gasteiger partial charge in [0.05, 0.1) is 19.4 Å². The molecular formula is C22H26FIN4O3. The van der Waals surface area contributed by atoms with Crippen molar-refractivity contribution in [3.63, 3.8) is 0 Å². The van der Waals surface area contributed by atoms with E-state index >= 15 is 0 Å². The van der Waals surface area contributed by atoms with Crippen molar-refractivity contribution in [2.75, 3.05) is 32.6 Å². The highest BCUT2D eigenvalue weighted by molar-refractivity contribution is 14.0. The van der Waals surface area contributed by atoms with Gasteiger partial charge in [-0.05, 0) is 43.3 Å². The Hall–Kier alpha value is -2.82. The van der Waals surface area contributed by atoms with Gasteiger partial charge < -0.3 is 24.5 Å². The first-order valence-corrected chi connectivity index (χ1v) is 9.61. The molecule has 0 spiro atoms. The number of aliphatic imine (C=N–C) groups is 1. The number of ether oxygens (including phenoxy) is 2. The molecule has 0 aliphatic heterocycles. The second-order valence-electron chi connectivity index (χ2n) is 6.32. The lowest BCUT2D eigenvalue weighted by molar-refractivity contribution is 0.311. The van der Waals surface area contributed by atoms with Crippen LogP contribution in [-0.2, 0) is 6.42 Å². The SMILES string of the molecule is CCOc1cc(NC(=NC)NCCc2coc(-c3ccc(F)cc3)n2)ccc1OC.I. The Balaban J connectivity index is 0.00000341. The van der Waals surface area contributed by atoms with Crippen LogP contribution in [0.2, 0.25) is 0 Å². The summed E-state index contributed by atoms with van der Waals surface area (Å²) in [6.07, 6.45) is 2.24. The molecule has 0 bridgehead atoms. The monoisotopic (exact) mass is 540 g/mol. The lowest BCUT2D eigenvalue weighted by Gasteiger charge is -2.14. The molecule has 0 aliphatic rings. The summed E-state index contributed by atoms with van der Waals surface area (Å²) >= 11 is 0. The zero-order valence-electron chi connectivity index (χ0n) is 17.6. The molecule has 1 heterocycles. The average Bonchev–Trinajstić information content (AvgIpc) is 3.23. The van der Waals surface area contributed by atoms with Crippen LogP contribution in [0.25, 0.3) is 11.5 Å². The van der Waals surface area contributed by atoms with E-state index in [1.54, 1.807) is 32.6 Å². The molecule has 0 aliphatic carbocycles. The number of hydrogen-bond donors (Lipinski definition) is 2. The van der Waals surface area contributed by atoms with E-state index in [0.717, 1.165) is 16.9 Å². The van der Waals surface area contributed by atoms with Crippen molar-refractivity contribution in [1.82, 2.24) is 10.3 Å². The number of methoxy groups -OCH3 is 1.